The minimum Gasteiger partial charge on any atom is -0.478 e. The van der Waals surface area contributed by atoms with Gasteiger partial charge in [-0.25, -0.2) is 4.79 Å². The Morgan fingerprint density at radius 2 is 2.35 bits per heavy atom. The summed E-state index contributed by atoms with van der Waals surface area (Å²) in [6, 6.07) is 0.786. The van der Waals surface area contributed by atoms with Crippen molar-refractivity contribution in [2.24, 2.45) is 5.92 Å². The molecule has 2 aliphatic rings. The van der Waals surface area contributed by atoms with Gasteiger partial charge < -0.3 is 5.11 Å². The molecule has 0 amide bonds. The lowest BCUT2D eigenvalue weighted by Gasteiger charge is -2.19. The van der Waals surface area contributed by atoms with Crippen LogP contribution in [0.4, 0.5) is 0 Å². The van der Waals surface area contributed by atoms with Gasteiger partial charge in [0, 0.05) is 18.7 Å². The molecule has 3 nitrogen and oxygen atoms in total. The molecule has 0 aliphatic heterocycles. The second kappa shape index (κ2) is 5.32. The molecule has 1 saturated carbocycles. The van der Waals surface area contributed by atoms with Crippen molar-refractivity contribution in [3.8, 4) is 0 Å². The molecule has 1 fully saturated rings. The summed E-state index contributed by atoms with van der Waals surface area (Å²) in [5.74, 6) is -0.636. The quantitative estimate of drug-likeness (QED) is 0.740. The van der Waals surface area contributed by atoms with Crippen molar-refractivity contribution < 1.29 is 9.90 Å². The Bertz CT molecular complexity index is 378. The zero-order valence-electron chi connectivity index (χ0n) is 10.2. The van der Waals surface area contributed by atoms with Crippen LogP contribution < -0.4 is 0 Å². The molecule has 92 valence electrons. The normalized spacial score (nSPS) is 24.4. The predicted molar refractivity (Wildman–Crippen MR) is 67.8 cm³/mol. The number of carboxylic acids is 1. The van der Waals surface area contributed by atoms with Gasteiger partial charge in [0.25, 0.3) is 0 Å². The van der Waals surface area contributed by atoms with Crippen molar-refractivity contribution in [1.82, 2.24) is 4.90 Å². The summed E-state index contributed by atoms with van der Waals surface area (Å²) in [6.07, 6.45) is 13.0. The first-order valence-corrected chi connectivity index (χ1v) is 6.14. The topological polar surface area (TPSA) is 40.5 Å². The summed E-state index contributed by atoms with van der Waals surface area (Å²) >= 11 is 0. The highest BCUT2D eigenvalue weighted by atomic mass is 16.4. The van der Waals surface area contributed by atoms with Crippen LogP contribution in [0.25, 0.3) is 0 Å². The van der Waals surface area contributed by atoms with Crippen LogP contribution in [0.15, 0.2) is 36.0 Å². The number of hydrogen-bond donors (Lipinski definition) is 1. The fraction of sp³-hybridized carbons (Fsp3) is 0.500. The molecule has 0 aromatic rings. The molecule has 1 unspecified atom stereocenters. The van der Waals surface area contributed by atoms with Gasteiger partial charge in [0.05, 0.1) is 0 Å². The number of carboxylic acid groups (broad SMARTS) is 1. The van der Waals surface area contributed by atoms with Crippen LogP contribution in [-0.4, -0.2) is 35.6 Å². The molecule has 0 radical (unpaired) electrons. The highest BCUT2D eigenvalue weighted by Crippen LogP contribution is 2.27. The maximum atomic E-state index is 10.4. The third kappa shape index (κ3) is 3.86. The highest BCUT2D eigenvalue weighted by Gasteiger charge is 2.26. The Hall–Kier alpha value is -1.35. The van der Waals surface area contributed by atoms with Crippen molar-refractivity contribution in [2.75, 3.05) is 13.6 Å². The fourth-order valence-electron chi connectivity index (χ4n) is 2.08. The molecule has 0 aromatic carbocycles. The van der Waals surface area contributed by atoms with Crippen LogP contribution >= 0.6 is 0 Å². The van der Waals surface area contributed by atoms with Crippen LogP contribution in [0.5, 0.6) is 0 Å². The van der Waals surface area contributed by atoms with Gasteiger partial charge in [-0.05, 0) is 37.8 Å². The summed E-state index contributed by atoms with van der Waals surface area (Å²) in [5, 5.41) is 8.55. The van der Waals surface area contributed by atoms with Crippen molar-refractivity contribution >= 4 is 5.97 Å². The first kappa shape index (κ1) is 12.1. The molecular formula is C14H19NO2. The fourth-order valence-corrected chi connectivity index (χ4v) is 2.08. The highest BCUT2D eigenvalue weighted by molar-refractivity contribution is 5.79. The average molecular weight is 233 g/mol. The van der Waals surface area contributed by atoms with Gasteiger partial charge in [0.15, 0.2) is 0 Å². The third-order valence-electron chi connectivity index (χ3n) is 3.30. The van der Waals surface area contributed by atoms with E-state index in [0.717, 1.165) is 19.0 Å². The van der Waals surface area contributed by atoms with Crippen molar-refractivity contribution in [3.63, 3.8) is 0 Å². The molecule has 0 bridgehead atoms. The zero-order chi connectivity index (χ0) is 12.3. The van der Waals surface area contributed by atoms with Gasteiger partial charge >= 0.3 is 5.97 Å². The zero-order valence-corrected chi connectivity index (χ0v) is 10.2. The van der Waals surface area contributed by atoms with E-state index >= 15 is 0 Å². The van der Waals surface area contributed by atoms with Crippen LogP contribution in [-0.2, 0) is 4.79 Å². The van der Waals surface area contributed by atoms with Gasteiger partial charge in [0.1, 0.15) is 0 Å². The number of nitrogens with zero attached hydrogens (tertiary/aromatic N) is 1. The molecule has 0 aromatic heterocycles. The molecule has 1 N–H and O–H groups in total. The number of likely N-dealkylation sites (N-methyl/N-ethyl adjacent to an activating group) is 1. The maximum absolute atomic E-state index is 10.4. The second-order valence-corrected chi connectivity index (χ2v) is 4.88. The molecule has 0 heterocycles. The van der Waals surface area contributed by atoms with E-state index in [-0.39, 0.29) is 5.92 Å². The Balaban J connectivity index is 1.81. The van der Waals surface area contributed by atoms with Gasteiger partial charge in [-0.1, -0.05) is 24.3 Å². The lowest BCUT2D eigenvalue weighted by atomic mass is 9.96. The Morgan fingerprint density at radius 3 is 2.88 bits per heavy atom. The molecular weight excluding hydrogens is 214 g/mol. The van der Waals surface area contributed by atoms with E-state index in [9.17, 15) is 4.79 Å². The standard InChI is InChI=1S/C14H19NO2/c1-15(13-7-8-13)10-12-4-2-11(3-5-12)6-9-14(16)17/h2,4-6,9,11,13H,3,7-8,10H2,1H3,(H,16,17)/b9-6+. The third-order valence-corrected chi connectivity index (χ3v) is 3.30. The van der Waals surface area contributed by atoms with Crippen LogP contribution in [0.3, 0.4) is 0 Å². The molecule has 2 rings (SSSR count). The van der Waals surface area contributed by atoms with E-state index in [0.29, 0.717) is 0 Å². The Kier molecular flexibility index (Phi) is 3.79. The summed E-state index contributed by atoms with van der Waals surface area (Å²) < 4.78 is 0. The Labute approximate surface area is 102 Å². The van der Waals surface area contributed by atoms with Gasteiger partial charge in [-0.3, -0.25) is 4.90 Å². The molecule has 17 heavy (non-hydrogen) atoms. The predicted octanol–water partition coefficient (Wildman–Crippen LogP) is 2.22. The summed E-state index contributed by atoms with van der Waals surface area (Å²) in [6.45, 7) is 1.01. The number of carbonyl (C=O) groups is 1. The van der Waals surface area contributed by atoms with Crippen molar-refractivity contribution in [1.29, 1.82) is 0 Å². The van der Waals surface area contributed by atoms with Crippen molar-refractivity contribution in [2.45, 2.75) is 25.3 Å². The minimum atomic E-state index is -0.873. The van der Waals surface area contributed by atoms with E-state index in [1.54, 1.807) is 6.08 Å². The lowest BCUT2D eigenvalue weighted by Crippen LogP contribution is -2.23. The number of allylic oxidation sites excluding steroid dienone is 3. The lowest BCUT2D eigenvalue weighted by molar-refractivity contribution is -0.131. The number of hydrogen-bond acceptors (Lipinski definition) is 2. The SMILES string of the molecule is CN(CC1=CCC(/C=C/C(=O)O)C=C1)C1CC1. The van der Waals surface area contributed by atoms with E-state index < -0.39 is 5.97 Å². The van der Waals surface area contributed by atoms with Crippen LogP contribution in [0.2, 0.25) is 0 Å². The molecule has 0 spiro atoms. The summed E-state index contributed by atoms with van der Waals surface area (Å²) in [5.41, 5.74) is 1.35. The van der Waals surface area contributed by atoms with E-state index in [1.165, 1.54) is 24.5 Å². The molecule has 0 saturated heterocycles. The summed E-state index contributed by atoms with van der Waals surface area (Å²) in [7, 11) is 2.17. The second-order valence-electron chi connectivity index (χ2n) is 4.88. The number of rotatable bonds is 5. The van der Waals surface area contributed by atoms with E-state index in [4.69, 9.17) is 5.11 Å². The van der Waals surface area contributed by atoms with E-state index in [2.05, 4.69) is 30.2 Å². The maximum Gasteiger partial charge on any atom is 0.327 e. The smallest absolute Gasteiger partial charge is 0.327 e. The summed E-state index contributed by atoms with van der Waals surface area (Å²) in [4.78, 5) is 12.8. The number of aliphatic carboxylic acids is 1. The molecule has 2 aliphatic carbocycles. The average Bonchev–Trinajstić information content (AvgIpc) is 3.12. The minimum absolute atomic E-state index is 0.237. The van der Waals surface area contributed by atoms with Gasteiger partial charge in [0.2, 0.25) is 0 Å². The van der Waals surface area contributed by atoms with Crippen LogP contribution in [0, 0.1) is 5.92 Å². The van der Waals surface area contributed by atoms with E-state index in [1.807, 2.05) is 0 Å². The Morgan fingerprint density at radius 1 is 1.59 bits per heavy atom. The van der Waals surface area contributed by atoms with Crippen molar-refractivity contribution in [3.05, 3.63) is 36.0 Å². The molecule has 3 heteroatoms. The monoisotopic (exact) mass is 233 g/mol. The van der Waals surface area contributed by atoms with Crippen LogP contribution in [0.1, 0.15) is 19.3 Å². The molecule has 1 atom stereocenters. The first-order valence-electron chi connectivity index (χ1n) is 6.14. The first-order chi connectivity index (χ1) is 8.15. The van der Waals surface area contributed by atoms with Gasteiger partial charge in [-0.15, -0.1) is 0 Å². The van der Waals surface area contributed by atoms with Gasteiger partial charge in [-0.2, -0.15) is 0 Å². The largest absolute Gasteiger partial charge is 0.478 e.